The molecule has 5 heteroatoms. The molecule has 2 rings (SSSR count). The third-order valence-corrected chi connectivity index (χ3v) is 5.03. The molecule has 0 aliphatic heterocycles. The minimum Gasteiger partial charge on any atom is -0.497 e. The minimum absolute atomic E-state index is 0.0234. The average Bonchev–Trinajstić information content (AvgIpc) is 2.41. The molecule has 0 fully saturated rings. The zero-order chi connectivity index (χ0) is 14.0. The molecule has 1 atom stereocenters. The van der Waals surface area contributed by atoms with Gasteiger partial charge in [-0.15, -0.1) is 0 Å². The van der Waals surface area contributed by atoms with E-state index in [4.69, 9.17) is 4.74 Å². The Bertz CT molecular complexity index is 601. The van der Waals surface area contributed by atoms with Crippen LogP contribution in [0, 0.1) is 5.82 Å². The van der Waals surface area contributed by atoms with Crippen LogP contribution in [0.5, 0.6) is 5.75 Å². The van der Waals surface area contributed by atoms with Crippen LogP contribution in [0.3, 0.4) is 0 Å². The van der Waals surface area contributed by atoms with Crippen molar-refractivity contribution in [2.45, 2.75) is 4.83 Å². The van der Waals surface area contributed by atoms with Crippen LogP contribution in [-0.4, -0.2) is 7.11 Å². The normalized spacial score (nSPS) is 12.3. The van der Waals surface area contributed by atoms with Crippen molar-refractivity contribution in [2.75, 3.05) is 7.11 Å². The van der Waals surface area contributed by atoms with Crippen LogP contribution < -0.4 is 4.74 Å². The largest absolute Gasteiger partial charge is 0.497 e. The van der Waals surface area contributed by atoms with Gasteiger partial charge in [-0.2, -0.15) is 0 Å². The maximum absolute atomic E-state index is 13.3. The summed E-state index contributed by atoms with van der Waals surface area (Å²) in [5.41, 5.74) is 2.03. The lowest BCUT2D eigenvalue weighted by Gasteiger charge is -2.14. The summed E-state index contributed by atoms with van der Waals surface area (Å²) in [4.78, 5) is -0.0234. The summed E-state index contributed by atoms with van der Waals surface area (Å²) in [6, 6.07) is 10.8. The van der Waals surface area contributed by atoms with E-state index in [9.17, 15) is 4.39 Å². The van der Waals surface area contributed by atoms with E-state index in [1.54, 1.807) is 19.2 Å². The summed E-state index contributed by atoms with van der Waals surface area (Å²) < 4.78 is 19.8. The van der Waals surface area contributed by atoms with Gasteiger partial charge in [0, 0.05) is 4.47 Å². The van der Waals surface area contributed by atoms with Gasteiger partial charge in [-0.25, -0.2) is 4.39 Å². The van der Waals surface area contributed by atoms with Gasteiger partial charge in [-0.3, -0.25) is 0 Å². The van der Waals surface area contributed by atoms with Crippen molar-refractivity contribution in [3.05, 3.63) is 62.3 Å². The summed E-state index contributed by atoms with van der Waals surface area (Å²) in [7, 11) is 1.63. The van der Waals surface area contributed by atoms with Gasteiger partial charge in [0.1, 0.15) is 11.6 Å². The number of rotatable bonds is 3. The summed E-state index contributed by atoms with van der Waals surface area (Å²) >= 11 is 10.4. The summed E-state index contributed by atoms with van der Waals surface area (Å²) in [5, 5.41) is 0. The van der Waals surface area contributed by atoms with Crippen LogP contribution in [0.1, 0.15) is 16.0 Å². The van der Waals surface area contributed by atoms with Gasteiger partial charge >= 0.3 is 0 Å². The summed E-state index contributed by atoms with van der Waals surface area (Å²) in [5.74, 6) is 0.521. The maximum Gasteiger partial charge on any atom is 0.137 e. The molecule has 19 heavy (non-hydrogen) atoms. The van der Waals surface area contributed by atoms with Crippen molar-refractivity contribution in [3.8, 4) is 5.75 Å². The van der Waals surface area contributed by atoms with Gasteiger partial charge in [0.25, 0.3) is 0 Å². The van der Waals surface area contributed by atoms with Crippen molar-refractivity contribution < 1.29 is 9.13 Å². The van der Waals surface area contributed by atoms with E-state index in [0.29, 0.717) is 4.47 Å². The minimum atomic E-state index is -0.266. The fourth-order valence-corrected chi connectivity index (χ4v) is 3.66. The highest BCUT2D eigenvalue weighted by atomic mass is 79.9. The predicted octanol–water partition coefficient (Wildman–Crippen LogP) is 5.84. The maximum atomic E-state index is 13.3. The molecule has 1 unspecified atom stereocenters. The fraction of sp³-hybridized carbons (Fsp3) is 0.143. The Labute approximate surface area is 136 Å². The van der Waals surface area contributed by atoms with E-state index >= 15 is 0 Å². The molecule has 0 spiro atoms. The van der Waals surface area contributed by atoms with Gasteiger partial charge in [0.2, 0.25) is 0 Å². The molecule has 0 saturated heterocycles. The first-order valence-electron chi connectivity index (χ1n) is 5.45. The lowest BCUT2D eigenvalue weighted by Crippen LogP contribution is -1.95. The smallest absolute Gasteiger partial charge is 0.137 e. The van der Waals surface area contributed by atoms with Gasteiger partial charge in [-0.1, -0.05) is 44.0 Å². The second-order valence-corrected chi connectivity index (χ2v) is 6.55. The number of ether oxygens (including phenoxy) is 1. The van der Waals surface area contributed by atoms with Gasteiger partial charge in [0.05, 0.1) is 16.4 Å². The third-order valence-electron chi connectivity index (χ3n) is 2.72. The SMILES string of the molecule is COc1ccc(C(Br)c2ccc(F)c(Br)c2)c(Br)c1. The van der Waals surface area contributed by atoms with Crippen LogP contribution in [0.15, 0.2) is 45.3 Å². The Hall–Kier alpha value is -0.390. The summed E-state index contributed by atoms with van der Waals surface area (Å²) in [6.45, 7) is 0. The number of benzene rings is 2. The second kappa shape index (κ2) is 6.37. The van der Waals surface area contributed by atoms with E-state index in [-0.39, 0.29) is 10.6 Å². The van der Waals surface area contributed by atoms with E-state index in [1.807, 2.05) is 18.2 Å². The molecule has 0 amide bonds. The van der Waals surface area contributed by atoms with Crippen LogP contribution in [-0.2, 0) is 0 Å². The first kappa shape index (κ1) is 15.0. The Morgan fingerprint density at radius 2 is 1.79 bits per heavy atom. The highest BCUT2D eigenvalue weighted by Crippen LogP contribution is 2.38. The molecule has 0 aliphatic rings. The summed E-state index contributed by atoms with van der Waals surface area (Å²) in [6.07, 6.45) is 0. The number of methoxy groups -OCH3 is 1. The number of hydrogen-bond donors (Lipinski definition) is 0. The second-order valence-electron chi connectivity index (χ2n) is 3.92. The molecule has 0 aromatic heterocycles. The lowest BCUT2D eigenvalue weighted by atomic mass is 10.0. The first-order chi connectivity index (χ1) is 9.02. The Kier molecular flexibility index (Phi) is 5.03. The highest BCUT2D eigenvalue weighted by molar-refractivity contribution is 9.11. The molecule has 2 aromatic rings. The van der Waals surface area contributed by atoms with Gasteiger partial charge in [-0.05, 0) is 51.3 Å². The Morgan fingerprint density at radius 3 is 2.37 bits per heavy atom. The monoisotopic (exact) mass is 450 g/mol. The molecule has 0 bridgehead atoms. The van der Waals surface area contributed by atoms with Crippen molar-refractivity contribution in [1.82, 2.24) is 0 Å². The number of hydrogen-bond acceptors (Lipinski definition) is 1. The molecule has 0 heterocycles. The zero-order valence-electron chi connectivity index (χ0n) is 9.96. The van der Waals surface area contributed by atoms with Crippen LogP contribution in [0.4, 0.5) is 4.39 Å². The van der Waals surface area contributed by atoms with Crippen molar-refractivity contribution in [2.24, 2.45) is 0 Å². The van der Waals surface area contributed by atoms with Gasteiger partial charge in [0.15, 0.2) is 0 Å². The van der Waals surface area contributed by atoms with E-state index < -0.39 is 0 Å². The molecular formula is C14H10Br3FO. The molecule has 0 aliphatic carbocycles. The van der Waals surface area contributed by atoms with Gasteiger partial charge < -0.3 is 4.74 Å². The Morgan fingerprint density at radius 1 is 1.05 bits per heavy atom. The van der Waals surface area contributed by atoms with E-state index in [0.717, 1.165) is 21.3 Å². The standard InChI is InChI=1S/C14H10Br3FO/c1-19-9-3-4-10(11(15)7-9)14(17)8-2-5-13(18)12(16)6-8/h2-7,14H,1H3. The highest BCUT2D eigenvalue weighted by Gasteiger charge is 2.15. The van der Waals surface area contributed by atoms with E-state index in [1.165, 1.54) is 6.07 Å². The molecule has 2 aromatic carbocycles. The van der Waals surface area contributed by atoms with Crippen molar-refractivity contribution in [1.29, 1.82) is 0 Å². The topological polar surface area (TPSA) is 9.23 Å². The molecule has 0 N–H and O–H groups in total. The quantitative estimate of drug-likeness (QED) is 0.531. The zero-order valence-corrected chi connectivity index (χ0v) is 14.7. The molecular weight excluding hydrogens is 443 g/mol. The van der Waals surface area contributed by atoms with Crippen molar-refractivity contribution >= 4 is 47.8 Å². The molecule has 0 radical (unpaired) electrons. The predicted molar refractivity (Wildman–Crippen MR) is 85.6 cm³/mol. The van der Waals surface area contributed by atoms with Crippen molar-refractivity contribution in [3.63, 3.8) is 0 Å². The van der Waals surface area contributed by atoms with Crippen LogP contribution in [0.25, 0.3) is 0 Å². The fourth-order valence-electron chi connectivity index (χ4n) is 1.69. The van der Waals surface area contributed by atoms with E-state index in [2.05, 4.69) is 47.8 Å². The molecule has 0 saturated carbocycles. The number of halogens is 4. The van der Waals surface area contributed by atoms with Crippen LogP contribution >= 0.6 is 47.8 Å². The first-order valence-corrected chi connectivity index (χ1v) is 7.95. The average molecular weight is 453 g/mol. The van der Waals surface area contributed by atoms with Crippen LogP contribution in [0.2, 0.25) is 0 Å². The lowest BCUT2D eigenvalue weighted by molar-refractivity contribution is 0.414. The Balaban J connectivity index is 2.38. The third kappa shape index (κ3) is 3.38. The molecule has 1 nitrogen and oxygen atoms in total. The number of alkyl halides is 1. The molecule has 100 valence electrons.